The van der Waals surface area contributed by atoms with E-state index in [1.165, 1.54) is 24.3 Å². The maximum atomic E-state index is 12.7. The second kappa shape index (κ2) is 11.4. The van der Waals surface area contributed by atoms with Crippen LogP contribution in [0.1, 0.15) is 11.1 Å². The summed E-state index contributed by atoms with van der Waals surface area (Å²) in [7, 11) is 1.88. The van der Waals surface area contributed by atoms with Crippen LogP contribution in [-0.4, -0.2) is 18.4 Å². The van der Waals surface area contributed by atoms with E-state index in [1.807, 2.05) is 31.4 Å². The molecule has 0 fully saturated rings. The molecule has 4 aromatic rings. The molecule has 0 unspecified atom stereocenters. The standard InChI is InChI=1S/C17H15ClF3N3.C7H5F3OS/c1-22-8-10-9-23-16-7-12(3-4-13(10)16)24-15-5-2-11(6-14(15)18)17(19,20)21;8-7(9,10)11-5-2-1-3-6(12)4-5/h2-7,9,22-24H,8H2,1H3;1-4,12H. The Morgan fingerprint density at radius 1 is 0.972 bits per heavy atom. The van der Waals surface area contributed by atoms with Gasteiger partial charge in [-0.3, -0.25) is 0 Å². The first-order valence-corrected chi connectivity index (χ1v) is 11.1. The molecule has 0 spiro atoms. The van der Waals surface area contributed by atoms with Crippen LogP contribution in [0.2, 0.25) is 5.02 Å². The highest BCUT2D eigenvalue weighted by Gasteiger charge is 2.31. The van der Waals surface area contributed by atoms with Crippen molar-refractivity contribution in [2.45, 2.75) is 24.0 Å². The Balaban J connectivity index is 0.000000253. The van der Waals surface area contributed by atoms with E-state index in [-0.39, 0.29) is 10.8 Å². The summed E-state index contributed by atoms with van der Waals surface area (Å²) in [5.74, 6) is -0.255. The number of nitrogens with one attached hydrogen (secondary N) is 3. The molecule has 4 nitrogen and oxygen atoms in total. The molecule has 3 aromatic carbocycles. The van der Waals surface area contributed by atoms with E-state index in [0.29, 0.717) is 10.6 Å². The summed E-state index contributed by atoms with van der Waals surface area (Å²) in [6, 6.07) is 14.4. The van der Waals surface area contributed by atoms with Crippen molar-refractivity contribution in [3.05, 3.63) is 83.0 Å². The lowest BCUT2D eigenvalue weighted by Gasteiger charge is -2.12. The Morgan fingerprint density at radius 3 is 2.33 bits per heavy atom. The summed E-state index contributed by atoms with van der Waals surface area (Å²) in [4.78, 5) is 3.61. The van der Waals surface area contributed by atoms with Gasteiger partial charge in [-0.05, 0) is 61.1 Å². The Morgan fingerprint density at radius 2 is 1.72 bits per heavy atom. The molecule has 0 bridgehead atoms. The SMILES string of the molecule is CNCc1c[nH]c2cc(Nc3ccc(C(F)(F)F)cc3Cl)ccc12.FC(F)(F)Oc1cccc(S)c1. The van der Waals surface area contributed by atoms with Gasteiger partial charge in [-0.1, -0.05) is 23.7 Å². The Kier molecular flexibility index (Phi) is 8.70. The van der Waals surface area contributed by atoms with Gasteiger partial charge in [0.1, 0.15) is 5.75 Å². The normalized spacial score (nSPS) is 11.7. The van der Waals surface area contributed by atoms with E-state index in [1.54, 1.807) is 6.07 Å². The maximum Gasteiger partial charge on any atom is 0.573 e. The van der Waals surface area contributed by atoms with Crippen molar-refractivity contribution in [2.75, 3.05) is 12.4 Å². The molecular weight excluding hydrogens is 528 g/mol. The molecule has 0 radical (unpaired) electrons. The predicted octanol–water partition coefficient (Wildman–Crippen LogP) is 8.18. The molecule has 4 rings (SSSR count). The third kappa shape index (κ3) is 7.74. The number of benzene rings is 3. The fraction of sp³-hybridized carbons (Fsp3) is 0.167. The number of H-pyrrole nitrogens is 1. The lowest BCUT2D eigenvalue weighted by Crippen LogP contribution is -2.16. The van der Waals surface area contributed by atoms with Crippen LogP contribution in [0.15, 0.2) is 71.8 Å². The van der Waals surface area contributed by atoms with Crippen molar-refractivity contribution < 1.29 is 31.1 Å². The summed E-state index contributed by atoms with van der Waals surface area (Å²) in [5, 5.41) is 7.26. The molecule has 1 heterocycles. The highest BCUT2D eigenvalue weighted by molar-refractivity contribution is 7.80. The molecule has 0 aliphatic heterocycles. The van der Waals surface area contributed by atoms with E-state index < -0.39 is 18.1 Å². The first-order valence-electron chi connectivity index (χ1n) is 10.3. The largest absolute Gasteiger partial charge is 0.573 e. The highest BCUT2D eigenvalue weighted by atomic mass is 35.5. The fourth-order valence-corrected chi connectivity index (χ4v) is 3.67. The minimum absolute atomic E-state index is 0.0206. The molecule has 192 valence electrons. The summed E-state index contributed by atoms with van der Waals surface area (Å²) >= 11 is 9.83. The smallest absolute Gasteiger partial charge is 0.406 e. The van der Waals surface area contributed by atoms with Crippen LogP contribution in [0.25, 0.3) is 10.9 Å². The Labute approximate surface area is 213 Å². The maximum absolute atomic E-state index is 12.7. The lowest BCUT2D eigenvalue weighted by molar-refractivity contribution is -0.274. The van der Waals surface area contributed by atoms with E-state index in [0.717, 1.165) is 40.8 Å². The molecule has 0 saturated heterocycles. The number of aromatic nitrogens is 1. The third-order valence-electron chi connectivity index (χ3n) is 4.76. The van der Waals surface area contributed by atoms with Crippen LogP contribution in [-0.2, 0) is 12.7 Å². The molecule has 1 aromatic heterocycles. The molecule has 0 amide bonds. The van der Waals surface area contributed by atoms with Gasteiger partial charge in [0.25, 0.3) is 0 Å². The van der Waals surface area contributed by atoms with Crippen molar-refractivity contribution >= 4 is 46.5 Å². The first-order chi connectivity index (χ1) is 16.9. The first kappa shape index (κ1) is 27.6. The number of rotatable bonds is 5. The number of aromatic amines is 1. The number of thiol groups is 1. The van der Waals surface area contributed by atoms with Crippen molar-refractivity contribution in [1.82, 2.24) is 10.3 Å². The summed E-state index contributed by atoms with van der Waals surface area (Å²) < 4.78 is 76.5. The quantitative estimate of drug-likeness (QED) is 0.150. The summed E-state index contributed by atoms with van der Waals surface area (Å²) in [5.41, 5.74) is 2.47. The predicted molar refractivity (Wildman–Crippen MR) is 131 cm³/mol. The molecule has 0 aliphatic rings. The molecule has 0 saturated carbocycles. The average molecular weight is 548 g/mol. The second-order valence-electron chi connectivity index (χ2n) is 7.47. The topological polar surface area (TPSA) is 49.1 Å². The van der Waals surface area contributed by atoms with Crippen LogP contribution in [0, 0.1) is 0 Å². The third-order valence-corrected chi connectivity index (χ3v) is 5.35. The van der Waals surface area contributed by atoms with Crippen molar-refractivity contribution in [1.29, 1.82) is 0 Å². The minimum Gasteiger partial charge on any atom is -0.406 e. The average Bonchev–Trinajstić information content (AvgIpc) is 3.16. The van der Waals surface area contributed by atoms with Crippen LogP contribution in [0.5, 0.6) is 5.75 Å². The fourth-order valence-electron chi connectivity index (χ4n) is 3.23. The molecular formula is C24H20ClF6N3OS. The number of halogens is 7. The molecule has 12 heteroatoms. The van der Waals surface area contributed by atoms with Gasteiger partial charge in [-0.2, -0.15) is 13.2 Å². The van der Waals surface area contributed by atoms with E-state index >= 15 is 0 Å². The number of hydrogen-bond acceptors (Lipinski definition) is 4. The van der Waals surface area contributed by atoms with Gasteiger partial charge in [-0.15, -0.1) is 25.8 Å². The van der Waals surface area contributed by atoms with Gasteiger partial charge >= 0.3 is 12.5 Å². The number of anilines is 2. The number of ether oxygens (including phenoxy) is 1. The lowest BCUT2D eigenvalue weighted by atomic mass is 10.1. The zero-order valence-electron chi connectivity index (χ0n) is 18.6. The van der Waals surface area contributed by atoms with Crippen molar-refractivity contribution in [3.8, 4) is 5.75 Å². The van der Waals surface area contributed by atoms with Crippen LogP contribution >= 0.6 is 24.2 Å². The van der Waals surface area contributed by atoms with Gasteiger partial charge < -0.3 is 20.4 Å². The van der Waals surface area contributed by atoms with E-state index in [2.05, 4.69) is 33.0 Å². The molecule has 0 atom stereocenters. The Hall–Kier alpha value is -3.02. The second-order valence-corrected chi connectivity index (χ2v) is 8.39. The molecule has 36 heavy (non-hydrogen) atoms. The van der Waals surface area contributed by atoms with Gasteiger partial charge in [0.15, 0.2) is 0 Å². The zero-order chi connectivity index (χ0) is 26.5. The minimum atomic E-state index is -4.64. The van der Waals surface area contributed by atoms with E-state index in [9.17, 15) is 26.3 Å². The molecule has 0 aliphatic carbocycles. The summed E-state index contributed by atoms with van der Waals surface area (Å²) in [6.07, 6.45) is -7.12. The van der Waals surface area contributed by atoms with Crippen LogP contribution in [0.4, 0.5) is 37.7 Å². The Bertz CT molecular complexity index is 1320. The number of fused-ring (bicyclic) bond motifs is 1. The van der Waals surface area contributed by atoms with Crippen molar-refractivity contribution in [2.24, 2.45) is 0 Å². The zero-order valence-corrected chi connectivity index (χ0v) is 20.2. The van der Waals surface area contributed by atoms with Crippen molar-refractivity contribution in [3.63, 3.8) is 0 Å². The van der Waals surface area contributed by atoms with Gasteiger partial charge in [-0.25, -0.2) is 0 Å². The van der Waals surface area contributed by atoms with Crippen LogP contribution in [0.3, 0.4) is 0 Å². The number of hydrogen-bond donors (Lipinski definition) is 4. The van der Waals surface area contributed by atoms with Gasteiger partial charge in [0, 0.05) is 34.2 Å². The number of alkyl halides is 6. The van der Waals surface area contributed by atoms with E-state index in [4.69, 9.17) is 11.6 Å². The highest BCUT2D eigenvalue weighted by Crippen LogP contribution is 2.35. The van der Waals surface area contributed by atoms with Gasteiger partial charge in [0.05, 0.1) is 16.3 Å². The molecule has 3 N–H and O–H groups in total. The van der Waals surface area contributed by atoms with Gasteiger partial charge in [0.2, 0.25) is 0 Å². The van der Waals surface area contributed by atoms with Crippen LogP contribution < -0.4 is 15.4 Å². The monoisotopic (exact) mass is 547 g/mol. The summed E-state index contributed by atoms with van der Waals surface area (Å²) in [6.45, 7) is 0.748.